The van der Waals surface area contributed by atoms with E-state index in [2.05, 4.69) is 53.3 Å². The number of benzene rings is 2. The molecule has 0 bridgehead atoms. The highest BCUT2D eigenvalue weighted by molar-refractivity contribution is 6.32. The van der Waals surface area contributed by atoms with Gasteiger partial charge in [0.1, 0.15) is 11.3 Å². The maximum absolute atomic E-state index is 12.9. The molecule has 3 heterocycles. The molecule has 0 radical (unpaired) electrons. The molecule has 1 aliphatic rings. The van der Waals surface area contributed by atoms with Crippen LogP contribution < -0.4 is 15.0 Å². The Bertz CT molecular complexity index is 1390. The first kappa shape index (κ1) is 23.2. The number of ether oxygens (including phenoxy) is 1. The first-order valence-electron chi connectivity index (χ1n) is 11.7. The minimum Gasteiger partial charge on any atom is -0.495 e. The summed E-state index contributed by atoms with van der Waals surface area (Å²) >= 11 is 6.19. The van der Waals surface area contributed by atoms with Crippen molar-refractivity contribution in [2.45, 2.75) is 26.7 Å². The maximum atomic E-state index is 12.9. The first-order chi connectivity index (χ1) is 16.9. The quantitative estimate of drug-likeness (QED) is 0.399. The number of halogens is 1. The molecule has 5 rings (SSSR count). The molecule has 35 heavy (non-hydrogen) atoms. The number of amides is 1. The molecule has 0 spiro atoms. The summed E-state index contributed by atoms with van der Waals surface area (Å²) in [6.45, 7) is 5.69. The van der Waals surface area contributed by atoms with Crippen molar-refractivity contribution < 1.29 is 9.53 Å². The SMILES string of the molecule is COc1ccc(NC(=O)C2CCN(c3nccn4nc(-c5cc(C)ccc5C)cc34)CC2)cc1Cl. The van der Waals surface area contributed by atoms with Crippen molar-refractivity contribution in [1.29, 1.82) is 0 Å². The summed E-state index contributed by atoms with van der Waals surface area (Å²) in [5, 5.41) is 8.28. The van der Waals surface area contributed by atoms with Gasteiger partial charge < -0.3 is 15.0 Å². The van der Waals surface area contributed by atoms with Crippen LogP contribution in [0.1, 0.15) is 24.0 Å². The minimum atomic E-state index is -0.0673. The number of aryl methyl sites for hydroxylation is 2. The van der Waals surface area contributed by atoms with E-state index in [1.54, 1.807) is 31.5 Å². The third-order valence-electron chi connectivity index (χ3n) is 6.62. The van der Waals surface area contributed by atoms with Crippen LogP contribution in [-0.2, 0) is 4.79 Å². The van der Waals surface area contributed by atoms with Crippen molar-refractivity contribution in [3.05, 3.63) is 71.0 Å². The fourth-order valence-electron chi connectivity index (χ4n) is 4.64. The Morgan fingerprint density at radius 1 is 1.11 bits per heavy atom. The fraction of sp³-hybridized carbons (Fsp3) is 0.296. The Hall–Kier alpha value is -3.58. The van der Waals surface area contributed by atoms with Gasteiger partial charge in [0.2, 0.25) is 5.91 Å². The molecule has 2 aromatic heterocycles. The van der Waals surface area contributed by atoms with Gasteiger partial charge in [-0.3, -0.25) is 4.79 Å². The van der Waals surface area contributed by atoms with Crippen molar-refractivity contribution in [3.63, 3.8) is 0 Å². The Labute approximate surface area is 209 Å². The normalized spacial score (nSPS) is 14.3. The number of piperidine rings is 1. The molecule has 1 fully saturated rings. The number of hydrogen-bond acceptors (Lipinski definition) is 5. The molecule has 7 nitrogen and oxygen atoms in total. The average Bonchev–Trinajstić information content (AvgIpc) is 3.30. The van der Waals surface area contributed by atoms with Gasteiger partial charge in [0.25, 0.3) is 0 Å². The second kappa shape index (κ2) is 9.58. The molecule has 180 valence electrons. The summed E-state index contributed by atoms with van der Waals surface area (Å²) in [6, 6.07) is 13.8. The molecule has 0 aliphatic carbocycles. The van der Waals surface area contributed by atoms with Crippen LogP contribution in [-0.4, -0.2) is 40.7 Å². The highest BCUT2D eigenvalue weighted by Gasteiger charge is 2.27. The fourth-order valence-corrected chi connectivity index (χ4v) is 4.89. The van der Waals surface area contributed by atoms with Crippen LogP contribution in [0.3, 0.4) is 0 Å². The summed E-state index contributed by atoms with van der Waals surface area (Å²) in [7, 11) is 1.57. The standard InChI is InChI=1S/C27H28ClN5O2/c1-17-4-5-18(2)21(14-17)23-16-24-26(29-10-13-33(24)31-23)32-11-8-19(9-12-32)27(34)30-20-6-7-25(35-3)22(28)15-20/h4-7,10,13-16,19H,8-9,11-12H2,1-3H3,(H,30,34). The number of anilines is 2. The highest BCUT2D eigenvalue weighted by atomic mass is 35.5. The van der Waals surface area contributed by atoms with Crippen LogP contribution in [0, 0.1) is 19.8 Å². The van der Waals surface area contributed by atoms with E-state index in [-0.39, 0.29) is 11.8 Å². The van der Waals surface area contributed by atoms with Crippen molar-refractivity contribution >= 4 is 34.5 Å². The van der Waals surface area contributed by atoms with Crippen molar-refractivity contribution in [3.8, 4) is 17.0 Å². The maximum Gasteiger partial charge on any atom is 0.227 e. The van der Waals surface area contributed by atoms with Gasteiger partial charge in [0.15, 0.2) is 5.82 Å². The van der Waals surface area contributed by atoms with E-state index < -0.39 is 0 Å². The van der Waals surface area contributed by atoms with E-state index in [4.69, 9.17) is 21.4 Å². The largest absolute Gasteiger partial charge is 0.495 e. The number of methoxy groups -OCH3 is 1. The average molecular weight is 490 g/mol. The molecule has 4 aromatic rings. The number of nitrogens with zero attached hydrogens (tertiary/aromatic N) is 4. The van der Waals surface area contributed by atoms with E-state index in [0.29, 0.717) is 16.5 Å². The lowest BCUT2D eigenvalue weighted by Crippen LogP contribution is -2.38. The molecule has 0 atom stereocenters. The van der Waals surface area contributed by atoms with Gasteiger partial charge >= 0.3 is 0 Å². The molecule has 1 amide bonds. The zero-order valence-corrected chi connectivity index (χ0v) is 20.8. The Morgan fingerprint density at radius 3 is 2.66 bits per heavy atom. The predicted octanol–water partition coefficient (Wildman–Crippen LogP) is 5.53. The molecule has 1 saturated heterocycles. The van der Waals surface area contributed by atoms with Crippen LogP contribution >= 0.6 is 11.6 Å². The van der Waals surface area contributed by atoms with Crippen LogP contribution in [0.5, 0.6) is 5.75 Å². The van der Waals surface area contributed by atoms with E-state index in [0.717, 1.165) is 48.5 Å². The van der Waals surface area contributed by atoms with Crippen LogP contribution in [0.25, 0.3) is 16.8 Å². The van der Waals surface area contributed by atoms with Crippen molar-refractivity contribution in [1.82, 2.24) is 14.6 Å². The van der Waals surface area contributed by atoms with Crippen molar-refractivity contribution in [2.24, 2.45) is 5.92 Å². The van der Waals surface area contributed by atoms with Gasteiger partial charge in [-0.15, -0.1) is 0 Å². The Balaban J connectivity index is 1.30. The number of carbonyl (C=O) groups excluding carboxylic acids is 1. The predicted molar refractivity (Wildman–Crippen MR) is 139 cm³/mol. The summed E-state index contributed by atoms with van der Waals surface area (Å²) in [5.74, 6) is 1.43. The smallest absolute Gasteiger partial charge is 0.227 e. The number of fused-ring (bicyclic) bond motifs is 1. The Kier molecular flexibility index (Phi) is 6.34. The Morgan fingerprint density at radius 2 is 1.91 bits per heavy atom. The number of nitrogens with one attached hydrogen (secondary N) is 1. The summed E-state index contributed by atoms with van der Waals surface area (Å²) in [6.07, 6.45) is 5.16. The number of aromatic nitrogens is 3. The monoisotopic (exact) mass is 489 g/mol. The second-order valence-corrected chi connectivity index (χ2v) is 9.44. The molecular formula is C27H28ClN5O2. The van der Waals surface area contributed by atoms with Crippen LogP contribution in [0.2, 0.25) is 5.02 Å². The summed E-state index contributed by atoms with van der Waals surface area (Å²) in [4.78, 5) is 19.8. The third-order valence-corrected chi connectivity index (χ3v) is 6.92. The highest BCUT2D eigenvalue weighted by Crippen LogP contribution is 2.31. The van der Waals surface area contributed by atoms with Gasteiger partial charge in [-0.25, -0.2) is 9.50 Å². The van der Waals surface area contributed by atoms with E-state index in [9.17, 15) is 4.79 Å². The molecule has 0 unspecified atom stereocenters. The lowest BCUT2D eigenvalue weighted by atomic mass is 9.95. The van der Waals surface area contributed by atoms with E-state index in [1.165, 1.54) is 11.1 Å². The van der Waals surface area contributed by atoms with Gasteiger partial charge in [0.05, 0.1) is 17.8 Å². The number of carbonyl (C=O) groups is 1. The van der Waals surface area contributed by atoms with Crippen molar-refractivity contribution in [2.75, 3.05) is 30.4 Å². The molecule has 0 saturated carbocycles. The lowest BCUT2D eigenvalue weighted by molar-refractivity contribution is -0.120. The van der Waals surface area contributed by atoms with Crippen LogP contribution in [0.4, 0.5) is 11.5 Å². The zero-order chi connectivity index (χ0) is 24.5. The molecule has 1 aliphatic heterocycles. The summed E-state index contributed by atoms with van der Waals surface area (Å²) in [5.41, 5.74) is 6.12. The molecular weight excluding hydrogens is 462 g/mol. The summed E-state index contributed by atoms with van der Waals surface area (Å²) < 4.78 is 7.08. The molecule has 1 N–H and O–H groups in total. The van der Waals surface area contributed by atoms with Gasteiger partial charge in [-0.2, -0.15) is 5.10 Å². The van der Waals surface area contributed by atoms with E-state index in [1.807, 2.05) is 10.7 Å². The molecule has 8 heteroatoms. The minimum absolute atomic E-state index is 0.0126. The lowest BCUT2D eigenvalue weighted by Gasteiger charge is -2.32. The third kappa shape index (κ3) is 4.68. The number of hydrogen-bond donors (Lipinski definition) is 1. The topological polar surface area (TPSA) is 71.8 Å². The zero-order valence-electron chi connectivity index (χ0n) is 20.1. The van der Waals surface area contributed by atoms with Gasteiger partial charge in [0, 0.05) is 42.7 Å². The van der Waals surface area contributed by atoms with Gasteiger partial charge in [-0.1, -0.05) is 29.3 Å². The second-order valence-electron chi connectivity index (χ2n) is 9.03. The molecule has 2 aromatic carbocycles. The number of rotatable bonds is 5. The first-order valence-corrected chi connectivity index (χ1v) is 12.1. The van der Waals surface area contributed by atoms with Gasteiger partial charge in [-0.05, 0) is 62.6 Å². The van der Waals surface area contributed by atoms with Crippen LogP contribution in [0.15, 0.2) is 54.9 Å². The van der Waals surface area contributed by atoms with E-state index >= 15 is 0 Å².